The summed E-state index contributed by atoms with van der Waals surface area (Å²) in [4.78, 5) is 4.03. The van der Waals surface area contributed by atoms with E-state index in [1.165, 1.54) is 0 Å². The Morgan fingerprint density at radius 1 is 1.50 bits per heavy atom. The molecule has 0 saturated carbocycles. The number of nitrogens with one attached hydrogen (secondary N) is 1. The monoisotopic (exact) mass is 193 g/mol. The van der Waals surface area contributed by atoms with Gasteiger partial charge in [0, 0.05) is 12.4 Å². The lowest BCUT2D eigenvalue weighted by atomic mass is 10.5. The molecule has 0 bridgehead atoms. The molecule has 0 aliphatic rings. The number of aromatic nitrogens is 4. The molecular weight excluding hydrogens is 182 g/mol. The molecule has 2 rings (SSSR count). The third-order valence-electron chi connectivity index (χ3n) is 1.89. The van der Waals surface area contributed by atoms with Crippen LogP contribution in [0, 0.1) is 0 Å². The lowest BCUT2D eigenvalue weighted by Gasteiger charge is -2.00. The molecule has 74 valence electrons. The smallest absolute Gasteiger partial charge is 0.260 e. The fraction of sp³-hybridized carbons (Fsp3) is 0.375. The maximum absolute atomic E-state index is 5.06. The fourth-order valence-corrected chi connectivity index (χ4v) is 1.27. The molecule has 0 unspecified atom stereocenters. The zero-order valence-electron chi connectivity index (χ0n) is 8.06. The average Bonchev–Trinajstić information content (AvgIpc) is 2.62. The Kier molecular flexibility index (Phi) is 2.28. The summed E-state index contributed by atoms with van der Waals surface area (Å²) in [6, 6.07) is 0. The van der Waals surface area contributed by atoms with E-state index in [0.717, 1.165) is 5.82 Å². The summed E-state index contributed by atoms with van der Waals surface area (Å²) in [7, 11) is 3.42. The van der Waals surface area contributed by atoms with Gasteiger partial charge in [-0.3, -0.25) is 4.40 Å². The number of rotatable bonds is 3. The van der Waals surface area contributed by atoms with E-state index in [2.05, 4.69) is 20.5 Å². The van der Waals surface area contributed by atoms with E-state index in [1.807, 2.05) is 17.6 Å². The summed E-state index contributed by atoms with van der Waals surface area (Å²) in [5.41, 5.74) is 0.639. The second-order valence-electron chi connectivity index (χ2n) is 2.78. The van der Waals surface area contributed by atoms with Gasteiger partial charge in [0.15, 0.2) is 5.82 Å². The van der Waals surface area contributed by atoms with Crippen LogP contribution in [0.1, 0.15) is 5.82 Å². The highest BCUT2D eigenvalue weighted by atomic mass is 16.5. The van der Waals surface area contributed by atoms with Crippen molar-refractivity contribution in [3.63, 3.8) is 0 Å². The Labute approximate surface area is 80.9 Å². The van der Waals surface area contributed by atoms with Gasteiger partial charge in [-0.2, -0.15) is 0 Å². The van der Waals surface area contributed by atoms with E-state index in [1.54, 1.807) is 13.3 Å². The molecule has 14 heavy (non-hydrogen) atoms. The molecule has 0 amide bonds. The van der Waals surface area contributed by atoms with E-state index >= 15 is 0 Å². The summed E-state index contributed by atoms with van der Waals surface area (Å²) < 4.78 is 6.91. The van der Waals surface area contributed by atoms with Gasteiger partial charge in [-0.25, -0.2) is 4.98 Å². The summed E-state index contributed by atoms with van der Waals surface area (Å²) in [6.45, 7) is 0.661. The molecule has 0 aliphatic carbocycles. The quantitative estimate of drug-likeness (QED) is 0.734. The van der Waals surface area contributed by atoms with Crippen molar-refractivity contribution in [3.8, 4) is 5.88 Å². The minimum Gasteiger partial charge on any atom is -0.478 e. The van der Waals surface area contributed by atoms with Crippen molar-refractivity contribution in [2.45, 2.75) is 6.54 Å². The van der Waals surface area contributed by atoms with Crippen LogP contribution in [0.5, 0.6) is 5.88 Å². The number of fused-ring (bicyclic) bond motifs is 1. The molecule has 2 heterocycles. The molecule has 1 N–H and O–H groups in total. The SMILES string of the molecule is CNCc1nnc2c(OC)nccn12. The van der Waals surface area contributed by atoms with Gasteiger partial charge in [-0.15, -0.1) is 10.2 Å². The largest absolute Gasteiger partial charge is 0.478 e. The minimum absolute atomic E-state index is 0.488. The van der Waals surface area contributed by atoms with E-state index in [-0.39, 0.29) is 0 Å². The van der Waals surface area contributed by atoms with Crippen molar-refractivity contribution in [1.82, 2.24) is 24.9 Å². The second kappa shape index (κ2) is 3.59. The highest BCUT2D eigenvalue weighted by Gasteiger charge is 2.08. The molecule has 6 nitrogen and oxygen atoms in total. The van der Waals surface area contributed by atoms with Gasteiger partial charge in [-0.05, 0) is 7.05 Å². The number of hydrogen-bond donors (Lipinski definition) is 1. The molecule has 2 aromatic rings. The van der Waals surface area contributed by atoms with Gasteiger partial charge in [0.2, 0.25) is 5.65 Å². The van der Waals surface area contributed by atoms with Crippen molar-refractivity contribution in [2.24, 2.45) is 0 Å². The van der Waals surface area contributed by atoms with Crippen LogP contribution in [0.3, 0.4) is 0 Å². The van der Waals surface area contributed by atoms with E-state index in [9.17, 15) is 0 Å². The number of hydrogen-bond acceptors (Lipinski definition) is 5. The van der Waals surface area contributed by atoms with E-state index in [0.29, 0.717) is 18.1 Å². The maximum Gasteiger partial charge on any atom is 0.260 e. The van der Waals surface area contributed by atoms with Crippen LogP contribution in [0.15, 0.2) is 12.4 Å². The Bertz CT molecular complexity index is 438. The molecule has 0 radical (unpaired) electrons. The predicted octanol–water partition coefficient (Wildman–Crippen LogP) is -0.148. The van der Waals surface area contributed by atoms with Crippen molar-refractivity contribution in [2.75, 3.05) is 14.2 Å². The standard InChI is InChI=1S/C8H11N5O/c1-9-5-6-11-12-7-8(14-2)10-3-4-13(6)7/h3-4,9H,5H2,1-2H3. The van der Waals surface area contributed by atoms with Crippen LogP contribution < -0.4 is 10.1 Å². The third kappa shape index (κ3) is 1.29. The van der Waals surface area contributed by atoms with Crippen LogP contribution >= 0.6 is 0 Å². The first kappa shape index (κ1) is 8.89. The highest BCUT2D eigenvalue weighted by Crippen LogP contribution is 2.13. The molecule has 0 aliphatic heterocycles. The van der Waals surface area contributed by atoms with Gasteiger partial charge in [0.25, 0.3) is 5.88 Å². The van der Waals surface area contributed by atoms with Crippen molar-refractivity contribution in [3.05, 3.63) is 18.2 Å². The van der Waals surface area contributed by atoms with Crippen LogP contribution in [-0.2, 0) is 6.54 Å². The molecule has 0 aromatic carbocycles. The molecule has 0 atom stereocenters. The fourth-order valence-electron chi connectivity index (χ4n) is 1.27. The topological polar surface area (TPSA) is 64.3 Å². The summed E-state index contributed by atoms with van der Waals surface area (Å²) in [5, 5.41) is 11.0. The Morgan fingerprint density at radius 3 is 3.07 bits per heavy atom. The predicted molar refractivity (Wildman–Crippen MR) is 50.1 cm³/mol. The summed E-state index contributed by atoms with van der Waals surface area (Å²) in [6.07, 6.45) is 3.47. The molecule has 6 heteroatoms. The Hall–Kier alpha value is -1.69. The number of nitrogens with zero attached hydrogens (tertiary/aromatic N) is 4. The van der Waals surface area contributed by atoms with Gasteiger partial charge >= 0.3 is 0 Å². The molecular formula is C8H11N5O. The normalized spacial score (nSPS) is 10.7. The zero-order valence-corrected chi connectivity index (χ0v) is 8.06. The first-order chi connectivity index (χ1) is 6.86. The average molecular weight is 193 g/mol. The summed E-state index contributed by atoms with van der Waals surface area (Å²) >= 11 is 0. The van der Waals surface area contributed by atoms with Crippen LogP contribution in [-0.4, -0.2) is 33.7 Å². The molecule has 0 saturated heterocycles. The Balaban J connectivity index is 2.57. The van der Waals surface area contributed by atoms with Gasteiger partial charge < -0.3 is 10.1 Å². The van der Waals surface area contributed by atoms with Crippen molar-refractivity contribution in [1.29, 1.82) is 0 Å². The van der Waals surface area contributed by atoms with Gasteiger partial charge in [0.1, 0.15) is 0 Å². The third-order valence-corrected chi connectivity index (χ3v) is 1.89. The number of ether oxygens (including phenoxy) is 1. The van der Waals surface area contributed by atoms with Crippen LogP contribution in [0.25, 0.3) is 5.65 Å². The molecule has 2 aromatic heterocycles. The van der Waals surface area contributed by atoms with Crippen molar-refractivity contribution < 1.29 is 4.74 Å². The second-order valence-corrected chi connectivity index (χ2v) is 2.78. The maximum atomic E-state index is 5.06. The van der Waals surface area contributed by atoms with Gasteiger partial charge in [0.05, 0.1) is 13.7 Å². The zero-order chi connectivity index (χ0) is 9.97. The lowest BCUT2D eigenvalue weighted by Crippen LogP contribution is -2.09. The van der Waals surface area contributed by atoms with Crippen LogP contribution in [0.2, 0.25) is 0 Å². The minimum atomic E-state index is 0.488. The molecule has 0 fully saturated rings. The lowest BCUT2D eigenvalue weighted by molar-refractivity contribution is 0.400. The van der Waals surface area contributed by atoms with E-state index < -0.39 is 0 Å². The Morgan fingerprint density at radius 2 is 2.36 bits per heavy atom. The van der Waals surface area contributed by atoms with Gasteiger partial charge in [-0.1, -0.05) is 0 Å². The number of methoxy groups -OCH3 is 1. The van der Waals surface area contributed by atoms with Crippen LogP contribution in [0.4, 0.5) is 0 Å². The first-order valence-corrected chi connectivity index (χ1v) is 4.24. The summed E-state index contributed by atoms with van der Waals surface area (Å²) in [5.74, 6) is 1.32. The first-order valence-electron chi connectivity index (χ1n) is 4.24. The van der Waals surface area contributed by atoms with E-state index in [4.69, 9.17) is 4.74 Å². The highest BCUT2D eigenvalue weighted by molar-refractivity contribution is 5.48. The van der Waals surface area contributed by atoms with Crippen molar-refractivity contribution >= 4 is 5.65 Å². The molecule has 0 spiro atoms.